The third-order valence-corrected chi connectivity index (χ3v) is 13.5. The van der Waals surface area contributed by atoms with Crippen LogP contribution < -0.4 is 20.7 Å². The van der Waals surface area contributed by atoms with Gasteiger partial charge >= 0.3 is 0 Å². The maximum atomic E-state index is 13.4. The molecule has 0 saturated carbocycles. The number of imide groups is 1. The number of benzene rings is 2. The number of morpholine rings is 1. The second kappa shape index (κ2) is 18.8. The summed E-state index contributed by atoms with van der Waals surface area (Å²) in [6.45, 7) is 9.47. The average molecular weight is 934 g/mol. The zero-order chi connectivity index (χ0) is 47.0. The summed E-state index contributed by atoms with van der Waals surface area (Å²) in [6, 6.07) is 13.4. The van der Waals surface area contributed by atoms with Crippen molar-refractivity contribution in [3.8, 4) is 22.4 Å². The van der Waals surface area contributed by atoms with Crippen LogP contribution in [-0.4, -0.2) is 172 Å². The number of rotatable bonds is 11. The Kier molecular flexibility index (Phi) is 12.0. The molecule has 3 amide bonds. The van der Waals surface area contributed by atoms with Crippen LogP contribution in [0.1, 0.15) is 24.4 Å². The first-order valence-electron chi connectivity index (χ1n) is 23.3. The standard InChI is InChI=1S/C47H51N17O5/c1-57-27-35(24-51-57)39-25-48-44-43(53-39)55-56-63(44)29-37-28-62(18-19-69-37)47-49-21-34(22-50-47)32-4-2-31(3-5-32)26-58-12-16-61(17-13-58)42(66)30-59-10-14-60(15-11-59)36-6-7-38-33(20-36)23-52-64(46(38)68)40-8-9-41(65)54-45(40)67/h2-7,20-25,27,37,40H,8-19,26,28-30H2,1H3,(H,54,65,67)/t37-,40?/m0/s1. The van der Waals surface area contributed by atoms with Crippen LogP contribution in [0.5, 0.6) is 0 Å². The van der Waals surface area contributed by atoms with Gasteiger partial charge in [0.25, 0.3) is 11.5 Å². The van der Waals surface area contributed by atoms with Gasteiger partial charge in [0.05, 0.1) is 55.5 Å². The maximum Gasteiger partial charge on any atom is 0.275 e. The van der Waals surface area contributed by atoms with Gasteiger partial charge in [-0.1, -0.05) is 29.5 Å². The Morgan fingerprint density at radius 1 is 0.797 bits per heavy atom. The Morgan fingerprint density at radius 3 is 2.36 bits per heavy atom. The van der Waals surface area contributed by atoms with Gasteiger partial charge in [0.2, 0.25) is 23.4 Å². The highest BCUT2D eigenvalue weighted by Crippen LogP contribution is 2.25. The number of nitrogens with one attached hydrogen (secondary N) is 1. The molecule has 4 fully saturated rings. The zero-order valence-corrected chi connectivity index (χ0v) is 38.2. The number of piperazine rings is 2. The molecule has 7 aromatic rings. The van der Waals surface area contributed by atoms with Crippen LogP contribution in [0.25, 0.3) is 44.5 Å². The lowest BCUT2D eigenvalue weighted by Gasteiger charge is -2.38. The van der Waals surface area contributed by atoms with Crippen molar-refractivity contribution in [2.45, 2.75) is 38.1 Å². The highest BCUT2D eigenvalue weighted by atomic mass is 16.5. The van der Waals surface area contributed by atoms with E-state index in [0.29, 0.717) is 79.6 Å². The summed E-state index contributed by atoms with van der Waals surface area (Å²) in [6.07, 6.45) is 10.9. The van der Waals surface area contributed by atoms with Gasteiger partial charge in [-0.15, -0.1) is 5.10 Å². The molecular formula is C47H51N17O5. The monoisotopic (exact) mass is 933 g/mol. The summed E-state index contributed by atoms with van der Waals surface area (Å²) < 4.78 is 10.7. The highest BCUT2D eigenvalue weighted by molar-refractivity contribution is 5.99. The van der Waals surface area contributed by atoms with Gasteiger partial charge < -0.3 is 19.4 Å². The van der Waals surface area contributed by atoms with Crippen molar-refractivity contribution < 1.29 is 19.1 Å². The molecular weight excluding hydrogens is 883 g/mol. The van der Waals surface area contributed by atoms with Crippen molar-refractivity contribution in [1.82, 2.24) is 74.5 Å². The number of anilines is 2. The van der Waals surface area contributed by atoms with Crippen LogP contribution in [0.4, 0.5) is 11.6 Å². The lowest BCUT2D eigenvalue weighted by molar-refractivity contribution is -0.136. The van der Waals surface area contributed by atoms with E-state index in [2.05, 4.69) is 79.7 Å². The molecule has 4 aliphatic heterocycles. The molecule has 354 valence electrons. The molecule has 4 saturated heterocycles. The molecule has 0 spiro atoms. The number of piperidine rings is 1. The third kappa shape index (κ3) is 9.37. The van der Waals surface area contributed by atoms with Crippen LogP contribution in [0.15, 0.2) is 84.4 Å². The molecule has 22 nitrogen and oxygen atoms in total. The molecule has 2 atom stereocenters. The van der Waals surface area contributed by atoms with E-state index in [0.717, 1.165) is 68.2 Å². The minimum Gasteiger partial charge on any atom is -0.373 e. The van der Waals surface area contributed by atoms with Crippen molar-refractivity contribution in [2.75, 3.05) is 88.4 Å². The molecule has 0 bridgehead atoms. The number of aryl methyl sites for hydroxylation is 1. The Labute approximate surface area is 395 Å². The predicted octanol–water partition coefficient (Wildman–Crippen LogP) is 1.14. The van der Waals surface area contributed by atoms with E-state index >= 15 is 0 Å². The number of nitrogens with zero attached hydrogens (tertiary/aromatic N) is 16. The summed E-state index contributed by atoms with van der Waals surface area (Å²) >= 11 is 0. The zero-order valence-electron chi connectivity index (χ0n) is 38.2. The second-order valence-corrected chi connectivity index (χ2v) is 18.0. The van der Waals surface area contributed by atoms with Gasteiger partial charge in [-0.05, 0) is 35.7 Å². The van der Waals surface area contributed by atoms with Crippen LogP contribution in [-0.2, 0) is 39.3 Å². The van der Waals surface area contributed by atoms with Gasteiger partial charge in [-0.2, -0.15) is 10.2 Å². The molecule has 2 aromatic carbocycles. The third-order valence-electron chi connectivity index (χ3n) is 13.5. The number of carbonyl (C=O) groups excluding carboxylic acids is 3. The van der Waals surface area contributed by atoms with E-state index in [1.54, 1.807) is 34.0 Å². The largest absolute Gasteiger partial charge is 0.373 e. The number of ether oxygens (including phenoxy) is 1. The summed E-state index contributed by atoms with van der Waals surface area (Å²) in [4.78, 5) is 80.3. The van der Waals surface area contributed by atoms with Crippen LogP contribution in [0, 0.1) is 0 Å². The Balaban J connectivity index is 0.618. The predicted molar refractivity (Wildman–Crippen MR) is 253 cm³/mol. The second-order valence-electron chi connectivity index (χ2n) is 18.0. The number of fused-ring (bicyclic) bond motifs is 2. The van der Waals surface area contributed by atoms with E-state index < -0.39 is 11.9 Å². The summed E-state index contributed by atoms with van der Waals surface area (Å²) in [5.74, 6) is -0.0364. The Morgan fingerprint density at radius 2 is 1.59 bits per heavy atom. The maximum absolute atomic E-state index is 13.4. The van der Waals surface area contributed by atoms with Gasteiger partial charge in [0.1, 0.15) is 6.04 Å². The van der Waals surface area contributed by atoms with E-state index in [1.165, 1.54) is 10.2 Å². The van der Waals surface area contributed by atoms with E-state index in [4.69, 9.17) is 14.7 Å². The number of amides is 3. The fourth-order valence-corrected chi connectivity index (χ4v) is 9.57. The highest BCUT2D eigenvalue weighted by Gasteiger charge is 2.31. The fraction of sp³-hybridized carbons (Fsp3) is 0.404. The lowest BCUT2D eigenvalue weighted by atomic mass is 10.1. The molecule has 5 aromatic heterocycles. The van der Waals surface area contributed by atoms with E-state index in [9.17, 15) is 19.2 Å². The average Bonchev–Trinajstić information content (AvgIpc) is 4.00. The lowest BCUT2D eigenvalue weighted by Crippen LogP contribution is -2.53. The quantitative estimate of drug-likeness (QED) is 0.180. The van der Waals surface area contributed by atoms with E-state index in [1.807, 2.05) is 42.7 Å². The van der Waals surface area contributed by atoms with Crippen LogP contribution in [0.2, 0.25) is 0 Å². The van der Waals surface area contributed by atoms with Crippen molar-refractivity contribution in [1.29, 1.82) is 0 Å². The molecule has 4 aliphatic rings. The summed E-state index contributed by atoms with van der Waals surface area (Å²) in [7, 11) is 1.86. The molecule has 0 radical (unpaired) electrons. The molecule has 11 rings (SSSR count). The molecule has 1 unspecified atom stereocenters. The van der Waals surface area contributed by atoms with Gasteiger partial charge in [-0.25, -0.2) is 29.3 Å². The van der Waals surface area contributed by atoms with Crippen molar-refractivity contribution in [2.24, 2.45) is 7.05 Å². The van der Waals surface area contributed by atoms with Gasteiger partial charge in [0, 0.05) is 126 Å². The smallest absolute Gasteiger partial charge is 0.275 e. The molecule has 9 heterocycles. The topological polar surface area (TPSA) is 224 Å². The Hall–Kier alpha value is -7.56. The minimum absolute atomic E-state index is 0.158. The van der Waals surface area contributed by atoms with Gasteiger partial charge in [0.15, 0.2) is 5.65 Å². The normalized spacial score (nSPS) is 19.7. The Bertz CT molecular complexity index is 3080. The number of carbonyl (C=O) groups is 3. The SMILES string of the molecule is Cn1cc(-c2cnc3c(nnn3C[C@@H]3CN(c4ncc(-c5ccc(CN6CCN(C(=O)CN7CCN(c8ccc9c(=O)n(C%10CCC(=O)NC%10=O)ncc9c8)CC7)CC6)cc5)cn4)CCO3)n2)cn1. The van der Waals surface area contributed by atoms with Crippen molar-refractivity contribution in [3.05, 3.63) is 95.6 Å². The fourth-order valence-electron chi connectivity index (χ4n) is 9.57. The van der Waals surface area contributed by atoms with Crippen LogP contribution in [0.3, 0.4) is 0 Å². The van der Waals surface area contributed by atoms with Crippen molar-refractivity contribution in [3.63, 3.8) is 0 Å². The number of hydrogen-bond donors (Lipinski definition) is 1. The first kappa shape index (κ1) is 44.0. The number of hydrogen-bond acceptors (Lipinski definition) is 17. The van der Waals surface area contributed by atoms with Crippen LogP contribution >= 0.6 is 0 Å². The first-order chi connectivity index (χ1) is 33.7. The van der Waals surface area contributed by atoms with Crippen molar-refractivity contribution >= 4 is 51.4 Å². The summed E-state index contributed by atoms with van der Waals surface area (Å²) in [5, 5.41) is 20.6. The molecule has 69 heavy (non-hydrogen) atoms. The molecule has 1 N–H and O–H groups in total. The van der Waals surface area contributed by atoms with Gasteiger partial charge in [-0.3, -0.25) is 39.0 Å². The minimum atomic E-state index is -0.803. The molecule has 0 aliphatic carbocycles. The first-order valence-corrected chi connectivity index (χ1v) is 23.3. The summed E-state index contributed by atoms with van der Waals surface area (Å²) in [5.41, 5.74) is 6.43. The number of aromatic nitrogens is 11. The molecule has 22 heteroatoms. The van der Waals surface area contributed by atoms with E-state index in [-0.39, 0.29) is 36.3 Å².